The first-order valence-corrected chi connectivity index (χ1v) is 22.2. The van der Waals surface area contributed by atoms with Crippen LogP contribution in [-0.2, 0) is 20.1 Å². The van der Waals surface area contributed by atoms with Crippen molar-refractivity contribution >= 4 is 17.7 Å². The van der Waals surface area contributed by atoms with Crippen LogP contribution in [0.1, 0.15) is 29.5 Å². The Kier molecular flexibility index (Phi) is 11.6. The number of aryl methyl sites for hydroxylation is 1. The van der Waals surface area contributed by atoms with Gasteiger partial charge in [0, 0.05) is 26.3 Å². The molecule has 1 radical (unpaired) electrons. The monoisotopic (exact) mass is 813 g/mol. The summed E-state index contributed by atoms with van der Waals surface area (Å²) in [6.45, 7) is 4.42. The molecule has 2 nitrogen and oxygen atoms in total. The summed E-state index contributed by atoms with van der Waals surface area (Å²) in [7, 11) is 0. The van der Waals surface area contributed by atoms with E-state index in [2.05, 4.69) is 126 Å². The van der Waals surface area contributed by atoms with E-state index in [0.717, 1.165) is 22.5 Å². The van der Waals surface area contributed by atoms with Crippen LogP contribution >= 0.6 is 0 Å². The van der Waals surface area contributed by atoms with Gasteiger partial charge in [0.1, 0.15) is 0 Å². The Morgan fingerprint density at radius 1 is 0.636 bits per heavy atom. The Morgan fingerprint density at radius 2 is 1.30 bits per heavy atom. The van der Waals surface area contributed by atoms with E-state index in [9.17, 15) is 0 Å². The van der Waals surface area contributed by atoms with E-state index in [4.69, 9.17) is 0 Å². The van der Waals surface area contributed by atoms with Gasteiger partial charge in [0.2, 0.25) is 0 Å². The van der Waals surface area contributed by atoms with Crippen molar-refractivity contribution in [2.75, 3.05) is 0 Å². The number of nitrogens with zero attached hydrogens (tertiary/aromatic N) is 2. The van der Waals surface area contributed by atoms with Gasteiger partial charge in [-0.1, -0.05) is 36.4 Å². The van der Waals surface area contributed by atoms with E-state index in [1.165, 1.54) is 32.2 Å². The fourth-order valence-electron chi connectivity index (χ4n) is 5.22. The van der Waals surface area contributed by atoms with Gasteiger partial charge in [-0.2, -0.15) is 0 Å². The molecule has 0 amide bonds. The van der Waals surface area contributed by atoms with E-state index in [0.29, 0.717) is 5.92 Å². The number of hydrogen-bond acceptors (Lipinski definition) is 2. The molecule has 0 aliphatic heterocycles. The molecule has 0 spiro atoms. The topological polar surface area (TPSA) is 25.8 Å². The number of hydrogen-bond donors (Lipinski definition) is 0. The third-order valence-corrected chi connectivity index (χ3v) is 12.2. The van der Waals surface area contributed by atoms with Gasteiger partial charge in [-0.25, -0.2) is 0 Å². The molecule has 0 fully saturated rings. The van der Waals surface area contributed by atoms with Crippen molar-refractivity contribution in [1.29, 1.82) is 0 Å². The quantitative estimate of drug-likeness (QED) is 0.124. The summed E-state index contributed by atoms with van der Waals surface area (Å²) in [5, 5.41) is 0. The molecule has 4 aromatic carbocycles. The minimum absolute atomic E-state index is 0. The zero-order chi connectivity index (χ0) is 30.2. The van der Waals surface area contributed by atoms with Crippen molar-refractivity contribution in [2.45, 2.75) is 37.0 Å². The van der Waals surface area contributed by atoms with Gasteiger partial charge >= 0.3 is 154 Å². The molecule has 1 unspecified atom stereocenters. The second-order valence-electron chi connectivity index (χ2n) is 11.9. The molecule has 0 saturated heterocycles. The molecule has 2 aromatic heterocycles. The van der Waals surface area contributed by atoms with Crippen LogP contribution < -0.4 is 4.40 Å². The molecule has 6 rings (SSSR count). The number of benzene rings is 4. The summed E-state index contributed by atoms with van der Waals surface area (Å²) in [5.41, 5.74) is 10.4. The van der Waals surface area contributed by atoms with E-state index in [1.807, 2.05) is 60.9 Å². The molecule has 1 atom stereocenters. The van der Waals surface area contributed by atoms with Crippen molar-refractivity contribution in [3.05, 3.63) is 163 Å². The molecule has 0 N–H and O–H groups in total. The first-order valence-electron chi connectivity index (χ1n) is 14.8. The molecule has 2 heterocycles. The molecular formula is C40H38GeIrN2-2. The smallest absolute Gasteiger partial charge is 0.0166 e. The Labute approximate surface area is 279 Å². The average Bonchev–Trinajstić information content (AvgIpc) is 3.06. The Balaban J connectivity index is 0.000000206. The summed E-state index contributed by atoms with van der Waals surface area (Å²) < 4.78 is 1.53. The fourth-order valence-corrected chi connectivity index (χ4v) is 9.03. The van der Waals surface area contributed by atoms with Crippen molar-refractivity contribution in [3.8, 4) is 33.6 Å². The largest absolute Gasteiger partial charge is 0.305 e. The Hall–Kier alpha value is -3.63. The van der Waals surface area contributed by atoms with Crippen LogP contribution in [-0.4, -0.2) is 23.2 Å². The van der Waals surface area contributed by atoms with Gasteiger partial charge in [0.05, 0.1) is 0 Å². The second kappa shape index (κ2) is 15.4. The van der Waals surface area contributed by atoms with Crippen molar-refractivity contribution < 1.29 is 20.1 Å². The minimum atomic E-state index is -1.89. The first-order chi connectivity index (χ1) is 20.8. The Bertz CT molecular complexity index is 1690. The maximum atomic E-state index is 4.65. The average molecular weight is 812 g/mol. The molecule has 4 heteroatoms. The van der Waals surface area contributed by atoms with Gasteiger partial charge in [-0.05, 0) is 22.9 Å². The Morgan fingerprint density at radius 3 is 1.93 bits per heavy atom. The second-order valence-corrected chi connectivity index (χ2v) is 22.4. The van der Waals surface area contributed by atoms with E-state index in [-0.39, 0.29) is 20.1 Å². The van der Waals surface area contributed by atoms with Gasteiger partial charge in [0.25, 0.3) is 0 Å². The SMILES string of the molecule is Cc1cnc(-c2[c-]cc(C(C)c3ccccc3)cc2)c[c]1[Ge]([CH3])([CH3])[CH3].[Ir].[c-]1ccccc1-c1cc(-c2ccccc2)ccn1. The molecule has 0 aliphatic rings. The third kappa shape index (κ3) is 8.51. The molecule has 223 valence electrons. The number of rotatable bonds is 6. The molecular weight excluding hydrogens is 773 g/mol. The predicted octanol–water partition coefficient (Wildman–Crippen LogP) is 9.77. The van der Waals surface area contributed by atoms with Crippen LogP contribution in [0.25, 0.3) is 33.6 Å². The van der Waals surface area contributed by atoms with E-state index < -0.39 is 13.3 Å². The minimum Gasteiger partial charge on any atom is -0.305 e. The van der Waals surface area contributed by atoms with Crippen LogP contribution in [0.4, 0.5) is 0 Å². The van der Waals surface area contributed by atoms with Gasteiger partial charge in [-0.3, -0.25) is 0 Å². The van der Waals surface area contributed by atoms with Crippen molar-refractivity contribution in [1.82, 2.24) is 9.97 Å². The van der Waals surface area contributed by atoms with Crippen LogP contribution in [0.2, 0.25) is 17.3 Å². The molecule has 6 aromatic rings. The van der Waals surface area contributed by atoms with E-state index >= 15 is 0 Å². The van der Waals surface area contributed by atoms with Crippen LogP contribution in [0.3, 0.4) is 0 Å². The normalized spacial score (nSPS) is 11.5. The summed E-state index contributed by atoms with van der Waals surface area (Å²) in [4.78, 5) is 9.06. The van der Waals surface area contributed by atoms with E-state index in [1.54, 1.807) is 0 Å². The summed E-state index contributed by atoms with van der Waals surface area (Å²) >= 11 is -1.89. The number of pyridine rings is 2. The maximum Gasteiger partial charge on any atom is 0.0166 e. The standard InChI is InChI=1S/C23H26GeN.C17H12N.Ir/c1-17-16-25-23(15-22(17)24(3,4)5)21-13-11-20(12-14-21)18(2)19-9-7-6-8-10-19;1-3-7-14(8-4-1)16-11-12-18-17(13-16)15-9-5-2-6-10-15;/h6-13,15-16,18H,1-5H3;1-9,11-13H;/q2*-1;. The maximum absolute atomic E-state index is 4.65. The predicted molar refractivity (Wildman–Crippen MR) is 184 cm³/mol. The summed E-state index contributed by atoms with van der Waals surface area (Å²) in [6, 6.07) is 48.4. The van der Waals surface area contributed by atoms with Crippen molar-refractivity contribution in [3.63, 3.8) is 0 Å². The third-order valence-electron chi connectivity index (χ3n) is 7.68. The van der Waals surface area contributed by atoms with Crippen LogP contribution in [0, 0.1) is 19.1 Å². The van der Waals surface area contributed by atoms with Crippen LogP contribution in [0.15, 0.2) is 134 Å². The zero-order valence-electron chi connectivity index (χ0n) is 26.0. The van der Waals surface area contributed by atoms with Crippen molar-refractivity contribution in [2.24, 2.45) is 0 Å². The molecule has 44 heavy (non-hydrogen) atoms. The van der Waals surface area contributed by atoms with Gasteiger partial charge < -0.3 is 4.98 Å². The zero-order valence-corrected chi connectivity index (χ0v) is 30.5. The molecule has 0 bridgehead atoms. The van der Waals surface area contributed by atoms with Gasteiger partial charge in [-0.15, -0.1) is 35.9 Å². The number of aromatic nitrogens is 2. The fraction of sp³-hybridized carbons (Fsp3) is 0.150. The van der Waals surface area contributed by atoms with Crippen LogP contribution in [0.5, 0.6) is 0 Å². The summed E-state index contributed by atoms with van der Waals surface area (Å²) in [6.07, 6.45) is 3.87. The summed E-state index contributed by atoms with van der Waals surface area (Å²) in [5.74, 6) is 7.67. The first kappa shape index (κ1) is 33.3. The van der Waals surface area contributed by atoms with Gasteiger partial charge in [0.15, 0.2) is 0 Å². The molecule has 0 aliphatic carbocycles. The molecule has 0 saturated carbocycles.